The Bertz CT molecular complexity index is 3320. The van der Waals surface area contributed by atoms with Crippen molar-refractivity contribution in [2.45, 2.75) is 0 Å². The molecule has 2 heteroatoms. The molecule has 0 unspecified atom stereocenters. The van der Waals surface area contributed by atoms with E-state index in [-0.39, 0.29) is 0 Å². The molecule has 10 aromatic carbocycles. The van der Waals surface area contributed by atoms with Crippen molar-refractivity contribution in [2.24, 2.45) is 0 Å². The van der Waals surface area contributed by atoms with Crippen LogP contribution in [0.25, 0.3) is 88.7 Å². The molecule has 0 radical (unpaired) electrons. The van der Waals surface area contributed by atoms with E-state index in [1.807, 2.05) is 12.1 Å². The number of fused-ring (bicyclic) bond motifs is 3. The minimum Gasteiger partial charge on any atom is -0.455 e. The molecule has 0 saturated heterocycles. The Morgan fingerprint density at radius 2 is 0.726 bits per heavy atom. The maximum atomic E-state index is 6.55. The van der Waals surface area contributed by atoms with Crippen molar-refractivity contribution in [3.05, 3.63) is 249 Å². The number of benzene rings is 10. The number of rotatable bonds is 9. The molecule has 0 aliphatic rings. The molecule has 0 spiro atoms. The number of hydrogen-bond donors (Lipinski definition) is 0. The summed E-state index contributed by atoms with van der Waals surface area (Å²) in [6, 6.07) is 89.0. The first-order valence-corrected chi connectivity index (χ1v) is 21.2. The van der Waals surface area contributed by atoms with Crippen LogP contribution in [0.1, 0.15) is 0 Å². The fraction of sp³-hybridized carbons (Fsp3) is 0. The number of furan rings is 1. The molecule has 0 atom stereocenters. The number of hydrogen-bond acceptors (Lipinski definition) is 2. The van der Waals surface area contributed by atoms with E-state index in [1.165, 1.54) is 16.7 Å². The van der Waals surface area contributed by atoms with Gasteiger partial charge < -0.3 is 9.32 Å². The van der Waals surface area contributed by atoms with Crippen molar-refractivity contribution < 1.29 is 4.42 Å². The molecule has 0 amide bonds. The molecule has 11 aromatic rings. The van der Waals surface area contributed by atoms with E-state index in [0.717, 1.165) is 89.1 Å². The Morgan fingerprint density at radius 1 is 0.258 bits per heavy atom. The minimum atomic E-state index is 0.899. The zero-order chi connectivity index (χ0) is 41.2. The molecule has 0 N–H and O–H groups in total. The second-order valence-electron chi connectivity index (χ2n) is 15.6. The van der Waals surface area contributed by atoms with Gasteiger partial charge in [-0.05, 0) is 92.5 Å². The second-order valence-corrected chi connectivity index (χ2v) is 15.6. The van der Waals surface area contributed by atoms with Crippen molar-refractivity contribution in [1.29, 1.82) is 0 Å². The molecule has 2 nitrogen and oxygen atoms in total. The first-order chi connectivity index (χ1) is 30.8. The molecule has 1 aromatic heterocycles. The lowest BCUT2D eigenvalue weighted by Crippen LogP contribution is -2.12. The van der Waals surface area contributed by atoms with Crippen molar-refractivity contribution in [3.8, 4) is 66.8 Å². The van der Waals surface area contributed by atoms with Gasteiger partial charge in [-0.1, -0.05) is 206 Å². The average molecular weight is 792 g/mol. The summed E-state index contributed by atoms with van der Waals surface area (Å²) < 4.78 is 6.55. The van der Waals surface area contributed by atoms with Gasteiger partial charge in [0.05, 0.1) is 11.4 Å². The molecule has 292 valence electrons. The molecule has 1 heterocycles. The summed E-state index contributed by atoms with van der Waals surface area (Å²) in [6.07, 6.45) is 0. The minimum absolute atomic E-state index is 0.899. The lowest BCUT2D eigenvalue weighted by Gasteiger charge is -2.30. The van der Waals surface area contributed by atoms with E-state index in [1.54, 1.807) is 0 Å². The third kappa shape index (κ3) is 6.84. The maximum absolute atomic E-state index is 6.55. The molecule has 0 aliphatic carbocycles. The topological polar surface area (TPSA) is 16.4 Å². The molecule has 11 rings (SSSR count). The van der Waals surface area contributed by atoms with Gasteiger partial charge in [-0.3, -0.25) is 0 Å². The summed E-state index contributed by atoms with van der Waals surface area (Å²) in [6.45, 7) is 0. The quantitative estimate of drug-likeness (QED) is 0.145. The first kappa shape index (κ1) is 36.8. The van der Waals surface area contributed by atoms with Gasteiger partial charge in [0, 0.05) is 33.2 Å². The highest BCUT2D eigenvalue weighted by Gasteiger charge is 2.22. The summed E-state index contributed by atoms with van der Waals surface area (Å²) >= 11 is 0. The van der Waals surface area contributed by atoms with Gasteiger partial charge in [0.2, 0.25) is 0 Å². The van der Waals surface area contributed by atoms with E-state index in [9.17, 15) is 0 Å². The van der Waals surface area contributed by atoms with E-state index in [0.29, 0.717) is 0 Å². The lowest BCUT2D eigenvalue weighted by molar-refractivity contribution is 0.670. The third-order valence-electron chi connectivity index (χ3n) is 11.9. The highest BCUT2D eigenvalue weighted by molar-refractivity contribution is 6.10. The summed E-state index contributed by atoms with van der Waals surface area (Å²) in [5, 5.41) is 2.26. The lowest BCUT2D eigenvalue weighted by atomic mass is 9.90. The molecule has 0 aliphatic heterocycles. The number of para-hydroxylation sites is 3. The van der Waals surface area contributed by atoms with Crippen LogP contribution in [-0.2, 0) is 0 Å². The van der Waals surface area contributed by atoms with Gasteiger partial charge >= 0.3 is 0 Å². The van der Waals surface area contributed by atoms with Crippen LogP contribution in [0.15, 0.2) is 253 Å². The summed E-state index contributed by atoms with van der Waals surface area (Å²) in [5.41, 5.74) is 18.9. The van der Waals surface area contributed by atoms with Gasteiger partial charge in [-0.15, -0.1) is 0 Å². The van der Waals surface area contributed by atoms with E-state index >= 15 is 0 Å². The molecule has 62 heavy (non-hydrogen) atoms. The Balaban J connectivity index is 1.06. The zero-order valence-electron chi connectivity index (χ0n) is 34.0. The Kier molecular flexibility index (Phi) is 9.57. The van der Waals surface area contributed by atoms with Gasteiger partial charge in [0.15, 0.2) is 0 Å². The number of nitrogens with zero attached hydrogens (tertiary/aromatic N) is 1. The molecular formula is C60H41NO. The van der Waals surface area contributed by atoms with E-state index < -0.39 is 0 Å². The standard InChI is InChI=1S/C60H41NO/c1-5-18-42(19-6-1)48-35-39-58(56(41-48)46-24-11-4-12-25-46)61(57-30-15-13-26-50(57)44-20-7-2-8-21-44)49-36-32-43(33-37-49)47-34-38-51(55(40-47)45-22-9-3-10-23-45)53-28-17-29-54-52-27-14-16-31-59(52)62-60(53)54/h1-41H. The van der Waals surface area contributed by atoms with Gasteiger partial charge in [-0.2, -0.15) is 0 Å². The third-order valence-corrected chi connectivity index (χ3v) is 11.9. The smallest absolute Gasteiger partial charge is 0.143 e. The van der Waals surface area contributed by atoms with Crippen LogP contribution in [0.2, 0.25) is 0 Å². The normalized spacial score (nSPS) is 11.2. The van der Waals surface area contributed by atoms with Crippen molar-refractivity contribution >= 4 is 39.0 Å². The predicted octanol–water partition coefficient (Wildman–Crippen LogP) is 17.1. The largest absolute Gasteiger partial charge is 0.455 e. The fourth-order valence-corrected chi connectivity index (χ4v) is 8.91. The molecular weight excluding hydrogens is 751 g/mol. The molecule has 0 saturated carbocycles. The van der Waals surface area contributed by atoms with Crippen LogP contribution in [-0.4, -0.2) is 0 Å². The van der Waals surface area contributed by atoms with Gasteiger partial charge in [-0.25, -0.2) is 0 Å². The summed E-state index contributed by atoms with van der Waals surface area (Å²) in [7, 11) is 0. The fourth-order valence-electron chi connectivity index (χ4n) is 8.91. The van der Waals surface area contributed by atoms with Crippen LogP contribution < -0.4 is 4.90 Å². The van der Waals surface area contributed by atoms with Crippen LogP contribution in [0.4, 0.5) is 17.1 Å². The first-order valence-electron chi connectivity index (χ1n) is 21.2. The van der Waals surface area contributed by atoms with Gasteiger partial charge in [0.1, 0.15) is 11.2 Å². The molecule has 0 bridgehead atoms. The Hall–Kier alpha value is -8.20. The van der Waals surface area contributed by atoms with Crippen LogP contribution in [0, 0.1) is 0 Å². The highest BCUT2D eigenvalue weighted by atomic mass is 16.3. The number of anilines is 3. The monoisotopic (exact) mass is 791 g/mol. The second kappa shape index (κ2) is 16.1. The Morgan fingerprint density at radius 3 is 1.42 bits per heavy atom. The van der Waals surface area contributed by atoms with Crippen molar-refractivity contribution in [3.63, 3.8) is 0 Å². The van der Waals surface area contributed by atoms with Crippen molar-refractivity contribution in [1.82, 2.24) is 0 Å². The van der Waals surface area contributed by atoms with Crippen LogP contribution in [0.3, 0.4) is 0 Å². The predicted molar refractivity (Wildman–Crippen MR) is 261 cm³/mol. The maximum Gasteiger partial charge on any atom is 0.143 e. The Labute approximate surface area is 362 Å². The van der Waals surface area contributed by atoms with E-state index in [4.69, 9.17) is 4.42 Å². The SMILES string of the molecule is c1ccc(-c2ccc(N(c3ccc(-c4ccc(-c5cccc6c5oc5ccccc56)c(-c5ccccc5)c4)cc3)c3ccccc3-c3ccccc3)c(-c3ccccc3)c2)cc1. The summed E-state index contributed by atoms with van der Waals surface area (Å²) in [5.74, 6) is 0. The zero-order valence-corrected chi connectivity index (χ0v) is 34.0. The van der Waals surface area contributed by atoms with E-state index in [2.05, 4.69) is 241 Å². The molecule has 0 fully saturated rings. The highest BCUT2D eigenvalue weighted by Crippen LogP contribution is 2.47. The van der Waals surface area contributed by atoms with Crippen molar-refractivity contribution in [2.75, 3.05) is 4.90 Å². The average Bonchev–Trinajstić information content (AvgIpc) is 3.75. The van der Waals surface area contributed by atoms with Gasteiger partial charge in [0.25, 0.3) is 0 Å². The summed E-state index contributed by atoms with van der Waals surface area (Å²) in [4.78, 5) is 2.43. The van der Waals surface area contributed by atoms with Crippen LogP contribution >= 0.6 is 0 Å². The van der Waals surface area contributed by atoms with Crippen LogP contribution in [0.5, 0.6) is 0 Å².